The molecule has 0 radical (unpaired) electrons. The first-order valence-electron chi connectivity index (χ1n) is 10.3. The van der Waals surface area contributed by atoms with Crippen molar-refractivity contribution in [2.24, 2.45) is 5.92 Å². The highest BCUT2D eigenvalue weighted by atomic mass is 15.1. The van der Waals surface area contributed by atoms with Gasteiger partial charge in [-0.1, -0.05) is 48.5 Å². The Labute approximate surface area is 161 Å². The van der Waals surface area contributed by atoms with Crippen molar-refractivity contribution in [1.29, 1.82) is 0 Å². The van der Waals surface area contributed by atoms with Gasteiger partial charge in [0.15, 0.2) is 0 Å². The van der Waals surface area contributed by atoms with E-state index in [-0.39, 0.29) is 0 Å². The lowest BCUT2D eigenvalue weighted by atomic mass is 9.85. The average molecular weight is 357 g/mol. The molecule has 0 saturated carbocycles. The molecule has 0 spiro atoms. The van der Waals surface area contributed by atoms with Crippen LogP contribution in [-0.4, -0.2) is 29.5 Å². The number of benzene rings is 2. The first kappa shape index (κ1) is 16.8. The lowest BCUT2D eigenvalue weighted by Crippen LogP contribution is -2.35. The number of hydrogen-bond acceptors (Lipinski definition) is 1. The number of nitrogens with zero attached hydrogens (tertiary/aromatic N) is 1. The van der Waals surface area contributed by atoms with Crippen LogP contribution in [0, 0.1) is 12.8 Å². The van der Waals surface area contributed by atoms with Crippen LogP contribution in [0.15, 0.2) is 54.6 Å². The van der Waals surface area contributed by atoms with Gasteiger partial charge in [0, 0.05) is 36.2 Å². The molecule has 3 aromatic rings. The number of aromatic nitrogens is 1. The van der Waals surface area contributed by atoms with E-state index in [2.05, 4.69) is 71.4 Å². The zero-order valence-electron chi connectivity index (χ0n) is 16.2. The van der Waals surface area contributed by atoms with Gasteiger partial charge >= 0.3 is 0 Å². The first-order chi connectivity index (χ1) is 13.3. The van der Waals surface area contributed by atoms with Crippen molar-refractivity contribution < 1.29 is 0 Å². The summed E-state index contributed by atoms with van der Waals surface area (Å²) in [5, 5.41) is 1.45. The molecule has 1 aromatic heterocycles. The van der Waals surface area contributed by atoms with E-state index in [0.29, 0.717) is 0 Å². The molecule has 5 rings (SSSR count). The van der Waals surface area contributed by atoms with Crippen LogP contribution in [0.2, 0.25) is 0 Å². The summed E-state index contributed by atoms with van der Waals surface area (Å²) in [6, 6.07) is 17.7. The summed E-state index contributed by atoms with van der Waals surface area (Å²) in [6.45, 7) is 5.70. The maximum atomic E-state index is 3.68. The van der Waals surface area contributed by atoms with E-state index >= 15 is 0 Å². The summed E-state index contributed by atoms with van der Waals surface area (Å²) < 4.78 is 0. The Bertz CT molecular complexity index is 980. The third-order valence-corrected chi connectivity index (χ3v) is 6.40. The third kappa shape index (κ3) is 3.35. The Hall–Kier alpha value is -2.32. The maximum absolute atomic E-state index is 3.68. The monoisotopic (exact) mass is 356 g/mol. The van der Waals surface area contributed by atoms with Crippen LogP contribution in [0.4, 0.5) is 0 Å². The summed E-state index contributed by atoms with van der Waals surface area (Å²) >= 11 is 0. The van der Waals surface area contributed by atoms with Crippen molar-refractivity contribution in [3.8, 4) is 0 Å². The highest BCUT2D eigenvalue weighted by molar-refractivity contribution is 5.85. The van der Waals surface area contributed by atoms with Crippen molar-refractivity contribution in [3.63, 3.8) is 0 Å². The Balaban J connectivity index is 1.27. The summed E-state index contributed by atoms with van der Waals surface area (Å²) in [5.41, 5.74) is 8.65. The molecule has 1 N–H and O–H groups in total. The standard InChI is InChI=1S/C25H28N2/c1-18-7-9-22-23-16-19(8-10-24(23)26-25(22)15-18)17-27-13-11-21(12-14-27)20-5-3-2-4-6-20/h2-7,9,11,15,19,26H,8,10,12-14,16-17H2,1H3. The first-order valence-corrected chi connectivity index (χ1v) is 10.3. The zero-order valence-corrected chi connectivity index (χ0v) is 16.2. The number of aromatic amines is 1. The molecule has 0 bridgehead atoms. The fourth-order valence-corrected chi connectivity index (χ4v) is 4.92. The number of aryl methyl sites for hydroxylation is 2. The van der Waals surface area contributed by atoms with Gasteiger partial charge in [0.05, 0.1) is 0 Å². The molecular formula is C25H28N2. The maximum Gasteiger partial charge on any atom is 0.0461 e. The molecule has 2 nitrogen and oxygen atoms in total. The molecule has 1 aliphatic heterocycles. The Morgan fingerprint density at radius 3 is 2.78 bits per heavy atom. The van der Waals surface area contributed by atoms with Gasteiger partial charge in [0.25, 0.3) is 0 Å². The fourth-order valence-electron chi connectivity index (χ4n) is 4.92. The quantitative estimate of drug-likeness (QED) is 0.668. The Morgan fingerprint density at radius 2 is 1.96 bits per heavy atom. The van der Waals surface area contributed by atoms with Gasteiger partial charge in [-0.2, -0.15) is 0 Å². The van der Waals surface area contributed by atoms with Gasteiger partial charge in [0.2, 0.25) is 0 Å². The van der Waals surface area contributed by atoms with Crippen LogP contribution in [0.5, 0.6) is 0 Å². The van der Waals surface area contributed by atoms with Gasteiger partial charge < -0.3 is 4.98 Å². The number of rotatable bonds is 3. The van der Waals surface area contributed by atoms with Crippen molar-refractivity contribution >= 4 is 16.5 Å². The molecule has 1 unspecified atom stereocenters. The minimum absolute atomic E-state index is 0.782. The Morgan fingerprint density at radius 1 is 1.07 bits per heavy atom. The number of fused-ring (bicyclic) bond motifs is 3. The highest BCUT2D eigenvalue weighted by Gasteiger charge is 2.25. The van der Waals surface area contributed by atoms with Gasteiger partial charge in [-0.3, -0.25) is 4.90 Å². The second-order valence-electron chi connectivity index (χ2n) is 8.34. The van der Waals surface area contributed by atoms with Crippen molar-refractivity contribution in [2.75, 3.05) is 19.6 Å². The molecular weight excluding hydrogens is 328 g/mol. The van der Waals surface area contributed by atoms with Gasteiger partial charge in [-0.15, -0.1) is 0 Å². The lowest BCUT2D eigenvalue weighted by molar-refractivity contribution is 0.238. The van der Waals surface area contributed by atoms with E-state index in [9.17, 15) is 0 Å². The molecule has 27 heavy (non-hydrogen) atoms. The number of hydrogen-bond donors (Lipinski definition) is 1. The average Bonchev–Trinajstić information content (AvgIpc) is 3.06. The third-order valence-electron chi connectivity index (χ3n) is 6.40. The molecule has 1 aliphatic carbocycles. The van der Waals surface area contributed by atoms with Crippen LogP contribution in [0.25, 0.3) is 16.5 Å². The molecule has 0 amide bonds. The predicted molar refractivity (Wildman–Crippen MR) is 114 cm³/mol. The molecule has 2 aromatic carbocycles. The van der Waals surface area contributed by atoms with E-state index in [0.717, 1.165) is 12.5 Å². The highest BCUT2D eigenvalue weighted by Crippen LogP contribution is 2.33. The molecule has 2 aliphatic rings. The SMILES string of the molecule is Cc1ccc2c3c([nH]c2c1)CCC(CN1CC=C(c2ccccc2)CC1)C3. The zero-order chi connectivity index (χ0) is 18.2. The Kier molecular flexibility index (Phi) is 4.37. The number of H-pyrrole nitrogens is 1. The smallest absolute Gasteiger partial charge is 0.0461 e. The van der Waals surface area contributed by atoms with Gasteiger partial charge in [0.1, 0.15) is 0 Å². The van der Waals surface area contributed by atoms with Crippen molar-refractivity contribution in [3.05, 3.63) is 77.0 Å². The van der Waals surface area contributed by atoms with Crippen molar-refractivity contribution in [1.82, 2.24) is 9.88 Å². The van der Waals surface area contributed by atoms with Crippen LogP contribution in [0.3, 0.4) is 0 Å². The fraction of sp³-hybridized carbons (Fsp3) is 0.360. The van der Waals surface area contributed by atoms with Crippen molar-refractivity contribution in [2.45, 2.75) is 32.6 Å². The van der Waals surface area contributed by atoms with E-state index in [1.807, 2.05) is 0 Å². The van der Waals surface area contributed by atoms with E-state index in [4.69, 9.17) is 0 Å². The molecule has 1 atom stereocenters. The summed E-state index contributed by atoms with van der Waals surface area (Å²) in [6.07, 6.45) is 7.36. The summed E-state index contributed by atoms with van der Waals surface area (Å²) in [5.74, 6) is 0.782. The van der Waals surface area contributed by atoms with Crippen LogP contribution in [-0.2, 0) is 12.8 Å². The second kappa shape index (κ2) is 7.01. The van der Waals surface area contributed by atoms with Gasteiger partial charge in [-0.25, -0.2) is 0 Å². The molecule has 2 heteroatoms. The number of nitrogens with one attached hydrogen (secondary N) is 1. The summed E-state index contributed by atoms with van der Waals surface area (Å²) in [4.78, 5) is 6.34. The van der Waals surface area contributed by atoms with Crippen LogP contribution < -0.4 is 0 Å². The predicted octanol–water partition coefficient (Wildman–Crippen LogP) is 5.37. The van der Waals surface area contributed by atoms with E-state index in [1.54, 1.807) is 5.56 Å². The van der Waals surface area contributed by atoms with E-state index < -0.39 is 0 Å². The molecule has 138 valence electrons. The molecule has 0 fully saturated rings. The minimum atomic E-state index is 0.782. The second-order valence-corrected chi connectivity index (χ2v) is 8.34. The molecule has 2 heterocycles. The van der Waals surface area contributed by atoms with Crippen LogP contribution >= 0.6 is 0 Å². The largest absolute Gasteiger partial charge is 0.358 e. The van der Waals surface area contributed by atoms with E-state index in [1.165, 1.54) is 72.1 Å². The summed E-state index contributed by atoms with van der Waals surface area (Å²) in [7, 11) is 0. The minimum Gasteiger partial charge on any atom is -0.358 e. The normalized spacial score (nSPS) is 20.5. The van der Waals surface area contributed by atoms with Gasteiger partial charge in [-0.05, 0) is 66.9 Å². The molecule has 0 saturated heterocycles. The van der Waals surface area contributed by atoms with Crippen LogP contribution in [0.1, 0.15) is 35.2 Å². The topological polar surface area (TPSA) is 19.0 Å². The lowest BCUT2D eigenvalue weighted by Gasteiger charge is -2.32.